The van der Waals surface area contributed by atoms with Gasteiger partial charge in [-0.2, -0.15) is 0 Å². The topological polar surface area (TPSA) is 12.0 Å². The fourth-order valence-corrected chi connectivity index (χ4v) is 3.27. The molecule has 2 atom stereocenters. The zero-order valence-electron chi connectivity index (χ0n) is 14.1. The highest BCUT2D eigenvalue weighted by Gasteiger charge is 2.34. The summed E-state index contributed by atoms with van der Waals surface area (Å²) in [4.78, 5) is 0. The van der Waals surface area contributed by atoms with E-state index in [1.54, 1.807) is 0 Å². The third-order valence-electron chi connectivity index (χ3n) is 4.51. The molecule has 0 heterocycles. The first-order valence-corrected chi connectivity index (χ1v) is 7.98. The summed E-state index contributed by atoms with van der Waals surface area (Å²) in [6, 6.07) is 0. The molecule has 0 spiro atoms. The fourth-order valence-electron chi connectivity index (χ4n) is 3.27. The number of hydrogen-bond donors (Lipinski definition) is 1. The van der Waals surface area contributed by atoms with E-state index in [1.807, 2.05) is 0 Å². The second-order valence-electron chi connectivity index (χ2n) is 8.55. The predicted octanol–water partition coefficient (Wildman–Crippen LogP) is 5.17. The number of nitrogens with one attached hydrogen (secondary N) is 1. The highest BCUT2D eigenvalue weighted by atomic mass is 14.9. The third-order valence-corrected chi connectivity index (χ3v) is 4.51. The van der Waals surface area contributed by atoms with Crippen molar-refractivity contribution in [1.29, 1.82) is 0 Å². The Morgan fingerprint density at radius 3 is 2.42 bits per heavy atom. The SMILES string of the molecule is C=C(C)CCC1CC(C)(C)CCC1CNC(C)(C)C. The molecule has 0 radical (unpaired) electrons. The van der Waals surface area contributed by atoms with Crippen molar-refractivity contribution in [3.8, 4) is 0 Å². The monoisotopic (exact) mass is 265 g/mol. The van der Waals surface area contributed by atoms with Crippen LogP contribution in [0.1, 0.15) is 73.6 Å². The summed E-state index contributed by atoms with van der Waals surface area (Å²) in [5, 5.41) is 3.71. The predicted molar refractivity (Wildman–Crippen MR) is 86.4 cm³/mol. The lowest BCUT2D eigenvalue weighted by molar-refractivity contribution is 0.105. The van der Waals surface area contributed by atoms with Gasteiger partial charge in [0.25, 0.3) is 0 Å². The number of hydrogen-bond acceptors (Lipinski definition) is 1. The van der Waals surface area contributed by atoms with Crippen LogP contribution in [0.2, 0.25) is 0 Å². The van der Waals surface area contributed by atoms with Crippen molar-refractivity contribution in [1.82, 2.24) is 5.32 Å². The van der Waals surface area contributed by atoms with Gasteiger partial charge >= 0.3 is 0 Å². The minimum absolute atomic E-state index is 0.242. The van der Waals surface area contributed by atoms with Gasteiger partial charge in [-0.25, -0.2) is 0 Å². The van der Waals surface area contributed by atoms with Gasteiger partial charge in [-0.3, -0.25) is 0 Å². The maximum atomic E-state index is 4.07. The Balaban J connectivity index is 2.57. The van der Waals surface area contributed by atoms with Gasteiger partial charge in [0, 0.05) is 5.54 Å². The van der Waals surface area contributed by atoms with Crippen LogP contribution >= 0.6 is 0 Å². The van der Waals surface area contributed by atoms with E-state index >= 15 is 0 Å². The summed E-state index contributed by atoms with van der Waals surface area (Å²) in [6.45, 7) is 19.1. The molecule has 0 aromatic carbocycles. The molecule has 0 saturated heterocycles. The Kier molecular flexibility index (Phi) is 5.67. The van der Waals surface area contributed by atoms with Gasteiger partial charge in [0.1, 0.15) is 0 Å². The molecule has 0 aliphatic heterocycles. The van der Waals surface area contributed by atoms with Crippen molar-refractivity contribution < 1.29 is 0 Å². The molecule has 1 saturated carbocycles. The normalized spacial score (nSPS) is 27.3. The molecular weight excluding hydrogens is 230 g/mol. The molecule has 0 bridgehead atoms. The summed E-state index contributed by atoms with van der Waals surface area (Å²) >= 11 is 0. The Morgan fingerprint density at radius 2 is 1.89 bits per heavy atom. The first kappa shape index (κ1) is 16.8. The van der Waals surface area contributed by atoms with Crippen LogP contribution in [-0.2, 0) is 0 Å². The molecule has 1 rings (SSSR count). The summed E-state index contributed by atoms with van der Waals surface area (Å²) in [7, 11) is 0. The van der Waals surface area contributed by atoms with E-state index in [2.05, 4.69) is 53.4 Å². The second kappa shape index (κ2) is 6.43. The van der Waals surface area contributed by atoms with E-state index in [0.29, 0.717) is 5.41 Å². The Labute approximate surface area is 121 Å². The largest absolute Gasteiger partial charge is 0.312 e. The average Bonchev–Trinajstić information content (AvgIpc) is 2.22. The molecule has 0 amide bonds. The molecule has 1 aliphatic rings. The minimum atomic E-state index is 0.242. The molecule has 1 aliphatic carbocycles. The van der Waals surface area contributed by atoms with E-state index in [9.17, 15) is 0 Å². The van der Waals surface area contributed by atoms with Crippen LogP contribution < -0.4 is 5.32 Å². The lowest BCUT2D eigenvalue weighted by Gasteiger charge is -2.42. The Morgan fingerprint density at radius 1 is 1.26 bits per heavy atom. The summed E-state index contributed by atoms with van der Waals surface area (Å²) in [6.07, 6.45) is 6.68. The van der Waals surface area contributed by atoms with Crippen LogP contribution in [0.5, 0.6) is 0 Å². The van der Waals surface area contributed by atoms with Crippen LogP contribution in [0.25, 0.3) is 0 Å². The third kappa shape index (κ3) is 6.61. The van der Waals surface area contributed by atoms with Crippen molar-refractivity contribution in [2.75, 3.05) is 6.54 Å². The zero-order chi connectivity index (χ0) is 14.7. The highest BCUT2D eigenvalue weighted by Crippen LogP contribution is 2.43. The molecule has 0 aromatic heterocycles. The van der Waals surface area contributed by atoms with Gasteiger partial charge in [-0.15, -0.1) is 6.58 Å². The van der Waals surface area contributed by atoms with Crippen LogP contribution in [0.4, 0.5) is 0 Å². The van der Waals surface area contributed by atoms with E-state index < -0.39 is 0 Å². The van der Waals surface area contributed by atoms with E-state index in [-0.39, 0.29) is 5.54 Å². The van der Waals surface area contributed by atoms with E-state index in [0.717, 1.165) is 11.8 Å². The molecular formula is C18H35N. The molecule has 1 N–H and O–H groups in total. The minimum Gasteiger partial charge on any atom is -0.312 e. The van der Waals surface area contributed by atoms with Crippen molar-refractivity contribution >= 4 is 0 Å². The number of rotatable bonds is 5. The lowest BCUT2D eigenvalue weighted by atomic mass is 9.65. The van der Waals surface area contributed by atoms with Gasteiger partial charge in [0.2, 0.25) is 0 Å². The smallest absolute Gasteiger partial charge is 0.00966 e. The summed E-state index contributed by atoms with van der Waals surface area (Å²) in [5.41, 5.74) is 2.12. The quantitative estimate of drug-likeness (QED) is 0.676. The molecule has 1 fully saturated rings. The molecule has 112 valence electrons. The van der Waals surface area contributed by atoms with Crippen molar-refractivity contribution in [3.05, 3.63) is 12.2 Å². The van der Waals surface area contributed by atoms with Gasteiger partial charge in [-0.05, 0) is 83.6 Å². The maximum absolute atomic E-state index is 4.07. The van der Waals surface area contributed by atoms with Crippen molar-refractivity contribution in [2.24, 2.45) is 17.3 Å². The van der Waals surface area contributed by atoms with Crippen LogP contribution in [-0.4, -0.2) is 12.1 Å². The first-order valence-electron chi connectivity index (χ1n) is 7.98. The Hall–Kier alpha value is -0.300. The van der Waals surface area contributed by atoms with E-state index in [1.165, 1.54) is 44.2 Å². The molecule has 0 aromatic rings. The Bertz CT molecular complexity index is 295. The maximum Gasteiger partial charge on any atom is 0.00966 e. The van der Waals surface area contributed by atoms with Crippen LogP contribution in [0.15, 0.2) is 12.2 Å². The van der Waals surface area contributed by atoms with Gasteiger partial charge in [0.05, 0.1) is 0 Å². The average molecular weight is 265 g/mol. The lowest BCUT2D eigenvalue weighted by Crippen LogP contribution is -2.43. The van der Waals surface area contributed by atoms with Gasteiger partial charge < -0.3 is 5.32 Å². The molecule has 2 unspecified atom stereocenters. The van der Waals surface area contributed by atoms with Crippen molar-refractivity contribution in [3.63, 3.8) is 0 Å². The molecule has 1 heteroatoms. The standard InChI is InChI=1S/C18H35N/c1-14(2)8-9-15-12-18(6,7)11-10-16(15)13-19-17(3,4)5/h15-16,19H,1,8-13H2,2-7H3. The van der Waals surface area contributed by atoms with Crippen LogP contribution in [0, 0.1) is 17.3 Å². The van der Waals surface area contributed by atoms with Crippen molar-refractivity contribution in [2.45, 2.75) is 79.2 Å². The van der Waals surface area contributed by atoms with Gasteiger partial charge in [-0.1, -0.05) is 19.4 Å². The molecule has 1 nitrogen and oxygen atoms in total. The van der Waals surface area contributed by atoms with E-state index in [4.69, 9.17) is 0 Å². The summed E-state index contributed by atoms with van der Waals surface area (Å²) in [5.74, 6) is 1.72. The van der Waals surface area contributed by atoms with Crippen LogP contribution in [0.3, 0.4) is 0 Å². The highest BCUT2D eigenvalue weighted by molar-refractivity contribution is 4.92. The molecule has 19 heavy (non-hydrogen) atoms. The zero-order valence-corrected chi connectivity index (χ0v) is 14.1. The fraction of sp³-hybridized carbons (Fsp3) is 0.889. The second-order valence-corrected chi connectivity index (χ2v) is 8.55. The summed E-state index contributed by atoms with van der Waals surface area (Å²) < 4.78 is 0. The number of allylic oxidation sites excluding steroid dienone is 1. The van der Waals surface area contributed by atoms with Gasteiger partial charge in [0.15, 0.2) is 0 Å². The first-order chi connectivity index (χ1) is 8.59.